The molecular weight excluding hydrogens is 349 g/mol. The Balaban J connectivity index is 1.74. The maximum absolute atomic E-state index is 13.0. The highest BCUT2D eigenvalue weighted by Crippen LogP contribution is 2.16. The van der Waals surface area contributed by atoms with Crippen molar-refractivity contribution in [3.8, 4) is 0 Å². The van der Waals surface area contributed by atoms with Gasteiger partial charge in [0.15, 0.2) is 0 Å². The molecule has 0 bridgehead atoms. The van der Waals surface area contributed by atoms with E-state index in [9.17, 15) is 18.8 Å². The minimum absolute atomic E-state index is 0.180. The van der Waals surface area contributed by atoms with Crippen LogP contribution in [0.25, 0.3) is 0 Å². The zero-order valence-corrected chi connectivity index (χ0v) is 14.9. The lowest BCUT2D eigenvalue weighted by molar-refractivity contribution is -0.131. The Morgan fingerprint density at radius 1 is 1.22 bits per heavy atom. The second kappa shape index (κ2) is 7.99. The van der Waals surface area contributed by atoms with Crippen molar-refractivity contribution >= 4 is 23.4 Å². The van der Waals surface area contributed by atoms with Crippen LogP contribution in [-0.2, 0) is 9.59 Å². The Morgan fingerprint density at radius 3 is 2.67 bits per heavy atom. The molecule has 0 unspecified atom stereocenters. The molecule has 2 aromatic rings. The number of hydrogen-bond donors (Lipinski definition) is 2. The van der Waals surface area contributed by atoms with Gasteiger partial charge in [0.2, 0.25) is 11.8 Å². The quantitative estimate of drug-likeness (QED) is 0.866. The maximum Gasteiger partial charge on any atom is 0.254 e. The van der Waals surface area contributed by atoms with Gasteiger partial charge in [0.25, 0.3) is 5.91 Å². The van der Waals surface area contributed by atoms with Crippen LogP contribution in [-0.4, -0.2) is 41.8 Å². The zero-order chi connectivity index (χ0) is 19.4. The summed E-state index contributed by atoms with van der Waals surface area (Å²) >= 11 is 0. The van der Waals surface area contributed by atoms with Gasteiger partial charge < -0.3 is 15.5 Å². The highest BCUT2D eigenvalue weighted by Gasteiger charge is 2.35. The summed E-state index contributed by atoms with van der Waals surface area (Å²) in [5.41, 5.74) is 1.84. The summed E-state index contributed by atoms with van der Waals surface area (Å²) in [6.07, 6.45) is -0.180. The number of carbonyl (C=O) groups is 3. The first kappa shape index (κ1) is 18.6. The summed E-state index contributed by atoms with van der Waals surface area (Å²) in [5, 5.41) is 5.32. The normalized spacial score (nSPS) is 16.6. The van der Waals surface area contributed by atoms with Gasteiger partial charge in [-0.2, -0.15) is 0 Å². The number of benzene rings is 2. The molecular formula is C20H20FN3O3. The Labute approximate surface area is 156 Å². The number of carbonyl (C=O) groups excluding carboxylic acids is 3. The van der Waals surface area contributed by atoms with Crippen LogP contribution in [0.15, 0.2) is 48.5 Å². The number of rotatable bonds is 4. The van der Waals surface area contributed by atoms with Gasteiger partial charge in [-0.25, -0.2) is 4.39 Å². The molecule has 0 aliphatic carbocycles. The molecule has 1 aliphatic heterocycles. The lowest BCUT2D eigenvalue weighted by Crippen LogP contribution is -2.58. The molecule has 1 saturated heterocycles. The molecule has 0 aromatic heterocycles. The molecule has 0 radical (unpaired) electrons. The minimum atomic E-state index is -0.896. The van der Waals surface area contributed by atoms with Gasteiger partial charge in [0, 0.05) is 24.3 Å². The van der Waals surface area contributed by atoms with Crippen LogP contribution in [0.4, 0.5) is 10.1 Å². The predicted octanol–water partition coefficient (Wildman–Crippen LogP) is 2.10. The zero-order valence-electron chi connectivity index (χ0n) is 14.9. The summed E-state index contributed by atoms with van der Waals surface area (Å²) in [5.74, 6) is -1.48. The number of nitrogens with one attached hydrogen (secondary N) is 2. The third-order valence-corrected chi connectivity index (χ3v) is 4.36. The number of anilines is 1. The Hall–Kier alpha value is -3.22. The van der Waals surface area contributed by atoms with E-state index in [1.165, 1.54) is 29.2 Å². The molecule has 1 heterocycles. The summed E-state index contributed by atoms with van der Waals surface area (Å²) < 4.78 is 13.0. The van der Waals surface area contributed by atoms with Gasteiger partial charge in [0.1, 0.15) is 11.9 Å². The summed E-state index contributed by atoms with van der Waals surface area (Å²) in [6.45, 7) is 2.55. The fourth-order valence-electron chi connectivity index (χ4n) is 3.03. The Kier molecular flexibility index (Phi) is 5.49. The first-order valence-electron chi connectivity index (χ1n) is 8.65. The highest BCUT2D eigenvalue weighted by atomic mass is 19.1. The van der Waals surface area contributed by atoms with Gasteiger partial charge in [-0.1, -0.05) is 17.7 Å². The first-order chi connectivity index (χ1) is 12.9. The van der Waals surface area contributed by atoms with E-state index >= 15 is 0 Å². The lowest BCUT2D eigenvalue weighted by atomic mass is 10.0. The van der Waals surface area contributed by atoms with E-state index in [-0.39, 0.29) is 18.2 Å². The number of hydrogen-bond acceptors (Lipinski definition) is 3. The van der Waals surface area contributed by atoms with Crippen molar-refractivity contribution in [2.45, 2.75) is 19.4 Å². The molecule has 3 rings (SSSR count). The third kappa shape index (κ3) is 4.49. The Morgan fingerprint density at radius 2 is 1.96 bits per heavy atom. The van der Waals surface area contributed by atoms with Gasteiger partial charge in [-0.3, -0.25) is 14.4 Å². The van der Waals surface area contributed by atoms with E-state index < -0.39 is 17.8 Å². The van der Waals surface area contributed by atoms with Crippen LogP contribution < -0.4 is 10.6 Å². The summed E-state index contributed by atoms with van der Waals surface area (Å²) in [6, 6.07) is 11.5. The van der Waals surface area contributed by atoms with Crippen molar-refractivity contribution in [3.63, 3.8) is 0 Å². The van der Waals surface area contributed by atoms with Crippen LogP contribution in [0.1, 0.15) is 22.3 Å². The largest absolute Gasteiger partial charge is 0.353 e. The first-order valence-corrected chi connectivity index (χ1v) is 8.65. The second-order valence-corrected chi connectivity index (χ2v) is 6.43. The second-order valence-electron chi connectivity index (χ2n) is 6.43. The molecule has 2 N–H and O–H groups in total. The Bertz CT molecular complexity index is 867. The average molecular weight is 369 g/mol. The van der Waals surface area contributed by atoms with E-state index in [1.54, 1.807) is 18.2 Å². The average Bonchev–Trinajstić information content (AvgIpc) is 2.65. The molecule has 1 aliphatic rings. The standard InChI is InChI=1S/C20H20FN3O3/c1-13-3-2-4-14(11-13)20(27)24-10-9-22-19(26)17(24)12-18(25)23-16-7-5-15(21)6-8-16/h2-8,11,17H,9-10,12H2,1H3,(H,22,26)(H,23,25)/t17-/m0/s1. The number of halogens is 1. The van der Waals surface area contributed by atoms with Crippen LogP contribution in [0.5, 0.6) is 0 Å². The lowest BCUT2D eigenvalue weighted by Gasteiger charge is -2.34. The molecule has 6 nitrogen and oxygen atoms in total. The minimum Gasteiger partial charge on any atom is -0.353 e. The SMILES string of the molecule is Cc1cccc(C(=O)N2CCNC(=O)[C@@H]2CC(=O)Nc2ccc(F)cc2)c1. The predicted molar refractivity (Wildman–Crippen MR) is 98.7 cm³/mol. The van der Waals surface area contributed by atoms with Gasteiger partial charge >= 0.3 is 0 Å². The molecule has 140 valence electrons. The molecule has 1 fully saturated rings. The van der Waals surface area contributed by atoms with E-state index in [0.717, 1.165) is 5.56 Å². The van der Waals surface area contributed by atoms with Crippen molar-refractivity contribution in [2.24, 2.45) is 0 Å². The molecule has 1 atom stereocenters. The monoisotopic (exact) mass is 369 g/mol. The number of nitrogens with zero attached hydrogens (tertiary/aromatic N) is 1. The van der Waals surface area contributed by atoms with E-state index in [2.05, 4.69) is 10.6 Å². The van der Waals surface area contributed by atoms with Crippen LogP contribution in [0.2, 0.25) is 0 Å². The molecule has 0 spiro atoms. The van der Waals surface area contributed by atoms with Crippen LogP contribution >= 0.6 is 0 Å². The van der Waals surface area contributed by atoms with Crippen molar-refractivity contribution < 1.29 is 18.8 Å². The fraction of sp³-hybridized carbons (Fsp3) is 0.250. The number of aryl methyl sites for hydroxylation is 1. The van der Waals surface area contributed by atoms with Crippen molar-refractivity contribution in [3.05, 3.63) is 65.5 Å². The maximum atomic E-state index is 13.0. The van der Waals surface area contributed by atoms with Crippen molar-refractivity contribution in [1.29, 1.82) is 0 Å². The van der Waals surface area contributed by atoms with Crippen molar-refractivity contribution in [2.75, 3.05) is 18.4 Å². The van der Waals surface area contributed by atoms with Gasteiger partial charge in [-0.15, -0.1) is 0 Å². The number of piperazine rings is 1. The summed E-state index contributed by atoms with van der Waals surface area (Å²) in [7, 11) is 0. The third-order valence-electron chi connectivity index (χ3n) is 4.36. The molecule has 3 amide bonds. The summed E-state index contributed by atoms with van der Waals surface area (Å²) in [4.78, 5) is 38.9. The van der Waals surface area contributed by atoms with E-state index in [0.29, 0.717) is 24.3 Å². The molecule has 27 heavy (non-hydrogen) atoms. The van der Waals surface area contributed by atoms with E-state index in [1.807, 2.05) is 13.0 Å². The molecule has 7 heteroatoms. The molecule has 2 aromatic carbocycles. The van der Waals surface area contributed by atoms with E-state index in [4.69, 9.17) is 0 Å². The fourth-order valence-corrected chi connectivity index (χ4v) is 3.03. The van der Waals surface area contributed by atoms with Crippen LogP contribution in [0, 0.1) is 12.7 Å². The van der Waals surface area contributed by atoms with Gasteiger partial charge in [-0.05, 0) is 43.3 Å². The van der Waals surface area contributed by atoms with Crippen molar-refractivity contribution in [1.82, 2.24) is 10.2 Å². The molecule has 0 saturated carbocycles. The topological polar surface area (TPSA) is 78.5 Å². The van der Waals surface area contributed by atoms with Crippen LogP contribution in [0.3, 0.4) is 0 Å². The smallest absolute Gasteiger partial charge is 0.254 e. The van der Waals surface area contributed by atoms with Gasteiger partial charge in [0.05, 0.1) is 6.42 Å². The highest BCUT2D eigenvalue weighted by molar-refractivity contribution is 6.01. The number of amides is 3.